The Bertz CT molecular complexity index is 346. The van der Waals surface area contributed by atoms with Gasteiger partial charge < -0.3 is 10.8 Å². The fourth-order valence-electron chi connectivity index (χ4n) is 1.79. The summed E-state index contributed by atoms with van der Waals surface area (Å²) in [5.74, 6) is -0.0162. The number of aliphatic hydroxyl groups is 1. The zero-order chi connectivity index (χ0) is 12.3. The molecule has 16 heavy (non-hydrogen) atoms. The monoisotopic (exact) mass is 285 g/mol. The van der Waals surface area contributed by atoms with E-state index < -0.39 is 6.10 Å². The first-order valence-corrected chi connectivity index (χ1v) is 6.29. The minimum atomic E-state index is -0.438. The molecule has 1 aromatic rings. The van der Waals surface area contributed by atoms with Gasteiger partial charge in [-0.1, -0.05) is 48.8 Å². The molecule has 0 fully saturated rings. The lowest BCUT2D eigenvalue weighted by Crippen LogP contribution is -2.36. The molecule has 0 aromatic heterocycles. The molecule has 2 unspecified atom stereocenters. The van der Waals surface area contributed by atoms with E-state index in [4.69, 9.17) is 5.73 Å². The summed E-state index contributed by atoms with van der Waals surface area (Å²) in [7, 11) is 0. The third-order valence-electron chi connectivity index (χ3n) is 2.80. The van der Waals surface area contributed by atoms with E-state index in [9.17, 15) is 5.11 Å². The van der Waals surface area contributed by atoms with Crippen molar-refractivity contribution in [3.63, 3.8) is 0 Å². The van der Waals surface area contributed by atoms with E-state index >= 15 is 0 Å². The Hall–Kier alpha value is -0.380. The summed E-state index contributed by atoms with van der Waals surface area (Å²) in [5, 5.41) is 10.3. The highest BCUT2D eigenvalue weighted by Crippen LogP contribution is 2.32. The Labute approximate surface area is 106 Å². The van der Waals surface area contributed by atoms with Crippen LogP contribution in [0.3, 0.4) is 0 Å². The molecule has 1 aromatic carbocycles. The zero-order valence-electron chi connectivity index (χ0n) is 10.1. The molecule has 0 aliphatic heterocycles. The lowest BCUT2D eigenvalue weighted by atomic mass is 9.78. The number of nitrogens with two attached hydrogens (primary N) is 1. The Morgan fingerprint density at radius 3 is 2.44 bits per heavy atom. The average Bonchev–Trinajstić information content (AvgIpc) is 2.17. The summed E-state index contributed by atoms with van der Waals surface area (Å²) in [6.07, 6.45) is -0.438. The van der Waals surface area contributed by atoms with Crippen molar-refractivity contribution in [2.75, 3.05) is 6.54 Å². The number of aliphatic hydroxyl groups excluding tert-OH is 1. The fraction of sp³-hybridized carbons (Fsp3) is 0.538. The highest BCUT2D eigenvalue weighted by Gasteiger charge is 2.30. The summed E-state index contributed by atoms with van der Waals surface area (Å²) < 4.78 is 1.02. The molecule has 0 saturated heterocycles. The Balaban J connectivity index is 2.99. The molecule has 3 N–H and O–H groups in total. The molecule has 2 nitrogen and oxygen atoms in total. The smallest absolute Gasteiger partial charge is 0.0669 e. The van der Waals surface area contributed by atoms with Gasteiger partial charge in [-0.3, -0.25) is 0 Å². The van der Waals surface area contributed by atoms with Gasteiger partial charge in [-0.2, -0.15) is 0 Å². The van der Waals surface area contributed by atoms with Crippen LogP contribution >= 0.6 is 15.9 Å². The van der Waals surface area contributed by atoms with E-state index in [0.29, 0.717) is 6.54 Å². The Morgan fingerprint density at radius 1 is 1.38 bits per heavy atom. The van der Waals surface area contributed by atoms with Crippen LogP contribution in [0.2, 0.25) is 0 Å². The topological polar surface area (TPSA) is 46.2 Å². The summed E-state index contributed by atoms with van der Waals surface area (Å²) in [6.45, 7) is 6.53. The van der Waals surface area contributed by atoms with E-state index in [-0.39, 0.29) is 11.3 Å². The van der Waals surface area contributed by atoms with Gasteiger partial charge in [-0.05, 0) is 23.1 Å². The van der Waals surface area contributed by atoms with Crippen molar-refractivity contribution in [2.45, 2.75) is 32.8 Å². The highest BCUT2D eigenvalue weighted by atomic mass is 79.9. The predicted molar refractivity (Wildman–Crippen MR) is 71.4 cm³/mol. The first-order chi connectivity index (χ1) is 7.36. The lowest BCUT2D eigenvalue weighted by Gasteiger charge is -2.32. The van der Waals surface area contributed by atoms with Crippen molar-refractivity contribution in [2.24, 2.45) is 11.1 Å². The largest absolute Gasteiger partial charge is 0.392 e. The van der Waals surface area contributed by atoms with E-state index in [1.807, 2.05) is 45.0 Å². The standard InChI is InChI=1S/C13H20BrNO/c1-13(2,3)12(16)11(8-15)9-5-4-6-10(14)7-9/h4-7,11-12,16H,8,15H2,1-3H3. The van der Waals surface area contributed by atoms with Crippen LogP contribution < -0.4 is 5.73 Å². The molecule has 2 atom stereocenters. The fourth-order valence-corrected chi connectivity index (χ4v) is 2.21. The van der Waals surface area contributed by atoms with Gasteiger partial charge in [0.25, 0.3) is 0 Å². The molecule has 3 heteroatoms. The molecular weight excluding hydrogens is 266 g/mol. The normalized spacial score (nSPS) is 15.9. The first-order valence-electron chi connectivity index (χ1n) is 5.50. The number of benzene rings is 1. The second-order valence-corrected chi connectivity index (χ2v) is 6.12. The molecular formula is C13H20BrNO. The van der Waals surface area contributed by atoms with Crippen molar-refractivity contribution >= 4 is 15.9 Å². The predicted octanol–water partition coefficient (Wildman–Crippen LogP) is 2.90. The number of rotatable bonds is 3. The SMILES string of the molecule is CC(C)(C)C(O)C(CN)c1cccc(Br)c1. The second kappa shape index (κ2) is 5.30. The van der Waals surface area contributed by atoms with Gasteiger partial charge in [0.2, 0.25) is 0 Å². The minimum absolute atomic E-state index is 0.0162. The van der Waals surface area contributed by atoms with Crippen molar-refractivity contribution < 1.29 is 5.11 Å². The first kappa shape index (κ1) is 13.7. The zero-order valence-corrected chi connectivity index (χ0v) is 11.7. The summed E-state index contributed by atoms with van der Waals surface area (Å²) >= 11 is 3.44. The molecule has 0 heterocycles. The van der Waals surface area contributed by atoms with Crippen LogP contribution in [0.25, 0.3) is 0 Å². The van der Waals surface area contributed by atoms with E-state index in [1.165, 1.54) is 0 Å². The maximum absolute atomic E-state index is 10.3. The molecule has 1 rings (SSSR count). The lowest BCUT2D eigenvalue weighted by molar-refractivity contribution is 0.0407. The maximum Gasteiger partial charge on any atom is 0.0669 e. The summed E-state index contributed by atoms with van der Waals surface area (Å²) in [4.78, 5) is 0. The van der Waals surface area contributed by atoms with Gasteiger partial charge in [-0.15, -0.1) is 0 Å². The van der Waals surface area contributed by atoms with E-state index in [1.54, 1.807) is 0 Å². The second-order valence-electron chi connectivity index (χ2n) is 5.21. The van der Waals surface area contributed by atoms with Crippen LogP contribution in [0.15, 0.2) is 28.7 Å². The summed E-state index contributed by atoms with van der Waals surface area (Å²) in [6, 6.07) is 7.97. The quantitative estimate of drug-likeness (QED) is 0.897. The Kier molecular flexibility index (Phi) is 4.53. The van der Waals surface area contributed by atoms with Crippen LogP contribution in [0, 0.1) is 5.41 Å². The van der Waals surface area contributed by atoms with Crippen molar-refractivity contribution in [3.8, 4) is 0 Å². The van der Waals surface area contributed by atoms with Gasteiger partial charge in [-0.25, -0.2) is 0 Å². The van der Waals surface area contributed by atoms with Crippen molar-refractivity contribution in [3.05, 3.63) is 34.3 Å². The Morgan fingerprint density at radius 2 is 2.00 bits per heavy atom. The number of hydrogen-bond acceptors (Lipinski definition) is 2. The van der Waals surface area contributed by atoms with Crippen molar-refractivity contribution in [1.82, 2.24) is 0 Å². The average molecular weight is 286 g/mol. The van der Waals surface area contributed by atoms with Crippen LogP contribution in [0.5, 0.6) is 0 Å². The molecule has 0 saturated carbocycles. The molecule has 0 bridgehead atoms. The molecule has 0 radical (unpaired) electrons. The van der Waals surface area contributed by atoms with Crippen LogP contribution in [0.4, 0.5) is 0 Å². The third-order valence-corrected chi connectivity index (χ3v) is 3.29. The number of halogens is 1. The van der Waals surface area contributed by atoms with Gasteiger partial charge >= 0.3 is 0 Å². The van der Waals surface area contributed by atoms with Gasteiger partial charge in [0.15, 0.2) is 0 Å². The maximum atomic E-state index is 10.3. The molecule has 0 aliphatic carbocycles. The van der Waals surface area contributed by atoms with Gasteiger partial charge in [0.05, 0.1) is 6.10 Å². The van der Waals surface area contributed by atoms with E-state index in [0.717, 1.165) is 10.0 Å². The highest BCUT2D eigenvalue weighted by molar-refractivity contribution is 9.10. The summed E-state index contributed by atoms with van der Waals surface area (Å²) in [5.41, 5.74) is 6.70. The molecule has 0 aliphatic rings. The third kappa shape index (κ3) is 3.30. The van der Waals surface area contributed by atoms with Crippen LogP contribution in [0.1, 0.15) is 32.3 Å². The molecule has 0 amide bonds. The van der Waals surface area contributed by atoms with E-state index in [2.05, 4.69) is 15.9 Å². The van der Waals surface area contributed by atoms with Gasteiger partial charge in [0.1, 0.15) is 0 Å². The van der Waals surface area contributed by atoms with Crippen LogP contribution in [-0.4, -0.2) is 17.8 Å². The van der Waals surface area contributed by atoms with Crippen LogP contribution in [-0.2, 0) is 0 Å². The molecule has 0 spiro atoms. The van der Waals surface area contributed by atoms with Gasteiger partial charge in [0, 0.05) is 16.9 Å². The molecule has 90 valence electrons. The minimum Gasteiger partial charge on any atom is -0.392 e. The number of hydrogen-bond donors (Lipinski definition) is 2. The van der Waals surface area contributed by atoms with Crippen molar-refractivity contribution in [1.29, 1.82) is 0 Å².